The zero-order chi connectivity index (χ0) is 14.2. The van der Waals surface area contributed by atoms with Crippen molar-refractivity contribution in [2.45, 2.75) is 49.2 Å². The van der Waals surface area contributed by atoms with Gasteiger partial charge in [-0.25, -0.2) is 0 Å². The Hall–Kier alpha value is -0.360. The van der Waals surface area contributed by atoms with Crippen LogP contribution in [0.15, 0.2) is 0 Å². The molecule has 0 bridgehead atoms. The van der Waals surface area contributed by atoms with E-state index in [0.717, 1.165) is 0 Å². The van der Waals surface area contributed by atoms with E-state index in [2.05, 4.69) is 0 Å². The fourth-order valence-corrected chi connectivity index (χ4v) is 1.97. The SMILES string of the molecule is O[C@@H]1[C@@H](O)[C@@H](O[C@@H]2CO[C@H](O)[C@H](O)[C@H]2O)OC[C@H]1O. The first-order chi connectivity index (χ1) is 8.91. The summed E-state index contributed by atoms with van der Waals surface area (Å²) in [7, 11) is 0. The van der Waals surface area contributed by atoms with Crippen LogP contribution in [0.1, 0.15) is 0 Å². The molecule has 9 heteroatoms. The van der Waals surface area contributed by atoms with Crippen molar-refractivity contribution < 1.29 is 44.8 Å². The highest BCUT2D eigenvalue weighted by Gasteiger charge is 2.44. The molecule has 0 aromatic heterocycles. The smallest absolute Gasteiger partial charge is 0.186 e. The lowest BCUT2D eigenvalue weighted by molar-refractivity contribution is -0.323. The summed E-state index contributed by atoms with van der Waals surface area (Å²) in [5.41, 5.74) is 0. The zero-order valence-corrected chi connectivity index (χ0v) is 9.94. The Labute approximate surface area is 108 Å². The Morgan fingerprint density at radius 1 is 0.737 bits per heavy atom. The summed E-state index contributed by atoms with van der Waals surface area (Å²) >= 11 is 0. The number of aliphatic hydroxyl groups excluding tert-OH is 6. The van der Waals surface area contributed by atoms with Crippen LogP contribution in [0.5, 0.6) is 0 Å². The Kier molecular flexibility index (Phi) is 4.71. The van der Waals surface area contributed by atoms with Crippen LogP contribution in [0.25, 0.3) is 0 Å². The third-order valence-electron chi connectivity index (χ3n) is 3.22. The van der Waals surface area contributed by atoms with E-state index in [1.165, 1.54) is 0 Å². The lowest BCUT2D eigenvalue weighted by Crippen LogP contribution is -2.59. The van der Waals surface area contributed by atoms with E-state index in [4.69, 9.17) is 19.3 Å². The lowest BCUT2D eigenvalue weighted by atomic mass is 10.0. The van der Waals surface area contributed by atoms with Gasteiger partial charge in [-0.1, -0.05) is 0 Å². The minimum Gasteiger partial charge on any atom is -0.388 e. The average molecular weight is 282 g/mol. The third-order valence-corrected chi connectivity index (χ3v) is 3.22. The van der Waals surface area contributed by atoms with Crippen molar-refractivity contribution in [2.75, 3.05) is 13.2 Å². The third kappa shape index (κ3) is 3.05. The van der Waals surface area contributed by atoms with Crippen LogP contribution in [-0.4, -0.2) is 93.1 Å². The summed E-state index contributed by atoms with van der Waals surface area (Å²) in [6, 6.07) is 0. The van der Waals surface area contributed by atoms with Crippen LogP contribution in [0.2, 0.25) is 0 Å². The first-order valence-corrected chi connectivity index (χ1v) is 5.89. The average Bonchev–Trinajstić information content (AvgIpc) is 2.39. The van der Waals surface area contributed by atoms with Crippen molar-refractivity contribution in [2.24, 2.45) is 0 Å². The van der Waals surface area contributed by atoms with Gasteiger partial charge in [0.05, 0.1) is 13.2 Å². The molecule has 2 rings (SSSR count). The molecular formula is C10H18O9. The quantitative estimate of drug-likeness (QED) is 0.297. The standard InChI is InChI=1S/C10H18O9/c11-3-1-18-10(8(15)5(3)12)19-4-2-17-9(16)7(14)6(4)13/h3-16H,1-2H2/t3-,4-,5+,6+,7-,8-,9+,10-/m1/s1. The molecule has 9 nitrogen and oxygen atoms in total. The normalized spacial score (nSPS) is 52.1. The molecule has 0 aromatic rings. The fourth-order valence-electron chi connectivity index (χ4n) is 1.97. The van der Waals surface area contributed by atoms with E-state index in [0.29, 0.717) is 0 Å². The number of ether oxygens (including phenoxy) is 3. The van der Waals surface area contributed by atoms with Crippen LogP contribution in [0.3, 0.4) is 0 Å². The Morgan fingerprint density at radius 3 is 2.11 bits per heavy atom. The summed E-state index contributed by atoms with van der Waals surface area (Å²) in [4.78, 5) is 0. The number of aliphatic hydroxyl groups is 6. The second-order valence-electron chi connectivity index (χ2n) is 4.63. The predicted molar refractivity (Wildman–Crippen MR) is 56.6 cm³/mol. The Bertz CT molecular complexity index is 273. The van der Waals surface area contributed by atoms with Crippen LogP contribution in [0.4, 0.5) is 0 Å². The maximum Gasteiger partial charge on any atom is 0.186 e. The second-order valence-corrected chi connectivity index (χ2v) is 4.63. The van der Waals surface area contributed by atoms with Gasteiger partial charge >= 0.3 is 0 Å². The molecule has 2 saturated heterocycles. The van der Waals surface area contributed by atoms with Crippen LogP contribution in [-0.2, 0) is 14.2 Å². The van der Waals surface area contributed by atoms with E-state index in [1.807, 2.05) is 0 Å². The highest BCUT2D eigenvalue weighted by molar-refractivity contribution is 4.87. The topological polar surface area (TPSA) is 149 Å². The molecule has 6 N–H and O–H groups in total. The molecule has 2 aliphatic heterocycles. The molecule has 2 heterocycles. The molecule has 0 aliphatic carbocycles. The molecule has 19 heavy (non-hydrogen) atoms. The monoisotopic (exact) mass is 282 g/mol. The van der Waals surface area contributed by atoms with Gasteiger partial charge in [-0.3, -0.25) is 0 Å². The van der Waals surface area contributed by atoms with Crippen molar-refractivity contribution in [1.82, 2.24) is 0 Å². The first-order valence-electron chi connectivity index (χ1n) is 5.89. The van der Waals surface area contributed by atoms with Crippen LogP contribution >= 0.6 is 0 Å². The van der Waals surface area contributed by atoms with Crippen molar-refractivity contribution in [3.8, 4) is 0 Å². The Balaban J connectivity index is 1.94. The summed E-state index contributed by atoms with van der Waals surface area (Å²) < 4.78 is 15.0. The molecule has 0 unspecified atom stereocenters. The molecule has 0 saturated carbocycles. The van der Waals surface area contributed by atoms with E-state index >= 15 is 0 Å². The van der Waals surface area contributed by atoms with Gasteiger partial charge in [-0.2, -0.15) is 0 Å². The number of rotatable bonds is 2. The Morgan fingerprint density at radius 2 is 1.42 bits per heavy atom. The highest BCUT2D eigenvalue weighted by atomic mass is 16.7. The van der Waals surface area contributed by atoms with Gasteiger partial charge in [0, 0.05) is 0 Å². The second kappa shape index (κ2) is 5.95. The first kappa shape index (κ1) is 15.0. The fraction of sp³-hybridized carbons (Fsp3) is 1.00. The van der Waals surface area contributed by atoms with Gasteiger partial charge in [-0.15, -0.1) is 0 Å². The maximum atomic E-state index is 9.68. The van der Waals surface area contributed by atoms with Gasteiger partial charge in [0.25, 0.3) is 0 Å². The zero-order valence-electron chi connectivity index (χ0n) is 9.94. The largest absolute Gasteiger partial charge is 0.388 e. The molecule has 0 radical (unpaired) electrons. The van der Waals surface area contributed by atoms with Crippen molar-refractivity contribution >= 4 is 0 Å². The molecule has 2 aliphatic rings. The molecule has 8 atom stereocenters. The highest BCUT2D eigenvalue weighted by Crippen LogP contribution is 2.22. The predicted octanol–water partition coefficient (Wildman–Crippen LogP) is -4.12. The van der Waals surface area contributed by atoms with Crippen molar-refractivity contribution in [3.63, 3.8) is 0 Å². The molecule has 0 spiro atoms. The van der Waals surface area contributed by atoms with Crippen LogP contribution < -0.4 is 0 Å². The van der Waals surface area contributed by atoms with Gasteiger partial charge in [-0.05, 0) is 0 Å². The molecule has 0 amide bonds. The number of hydrogen-bond donors (Lipinski definition) is 6. The minimum absolute atomic E-state index is 0.218. The summed E-state index contributed by atoms with van der Waals surface area (Å²) in [5, 5.41) is 56.6. The van der Waals surface area contributed by atoms with E-state index < -0.39 is 49.2 Å². The molecule has 2 fully saturated rings. The molecule has 112 valence electrons. The van der Waals surface area contributed by atoms with Gasteiger partial charge in [0.15, 0.2) is 12.6 Å². The molecular weight excluding hydrogens is 264 g/mol. The van der Waals surface area contributed by atoms with Crippen molar-refractivity contribution in [3.05, 3.63) is 0 Å². The van der Waals surface area contributed by atoms with E-state index in [1.54, 1.807) is 0 Å². The maximum absolute atomic E-state index is 9.68. The minimum atomic E-state index is -1.55. The summed E-state index contributed by atoms with van der Waals surface area (Å²) in [6.07, 6.45) is -11.0. The molecule has 0 aromatic carbocycles. The van der Waals surface area contributed by atoms with E-state index in [9.17, 15) is 25.5 Å². The van der Waals surface area contributed by atoms with Gasteiger partial charge < -0.3 is 44.8 Å². The number of hydrogen-bond acceptors (Lipinski definition) is 9. The van der Waals surface area contributed by atoms with E-state index in [-0.39, 0.29) is 13.2 Å². The van der Waals surface area contributed by atoms with Gasteiger partial charge in [0.1, 0.15) is 36.6 Å². The van der Waals surface area contributed by atoms with Crippen LogP contribution in [0, 0.1) is 0 Å². The summed E-state index contributed by atoms with van der Waals surface area (Å²) in [5.74, 6) is 0. The van der Waals surface area contributed by atoms with Gasteiger partial charge in [0.2, 0.25) is 0 Å². The summed E-state index contributed by atoms with van der Waals surface area (Å²) in [6.45, 7) is -0.456. The van der Waals surface area contributed by atoms with Crippen molar-refractivity contribution in [1.29, 1.82) is 0 Å². The lowest BCUT2D eigenvalue weighted by Gasteiger charge is -2.40.